The van der Waals surface area contributed by atoms with Gasteiger partial charge in [-0.2, -0.15) is 0 Å². The largest absolute Gasteiger partial charge is 0.486 e. The predicted molar refractivity (Wildman–Crippen MR) is 64.9 cm³/mol. The van der Waals surface area contributed by atoms with Crippen LogP contribution in [0.15, 0.2) is 28.8 Å². The molecule has 0 saturated heterocycles. The topological polar surface area (TPSA) is 81.8 Å². The van der Waals surface area contributed by atoms with Crippen LogP contribution in [-0.4, -0.2) is 23.3 Å². The van der Waals surface area contributed by atoms with Gasteiger partial charge >= 0.3 is 5.97 Å². The van der Waals surface area contributed by atoms with Crippen LogP contribution in [0.2, 0.25) is 0 Å². The van der Waals surface area contributed by atoms with Crippen molar-refractivity contribution in [2.45, 2.75) is 13.2 Å². The first kappa shape index (κ1) is 14.0. The molecule has 1 aromatic carbocycles. The van der Waals surface area contributed by atoms with E-state index in [4.69, 9.17) is 19.1 Å². The van der Waals surface area contributed by atoms with E-state index in [-0.39, 0.29) is 24.5 Å². The van der Waals surface area contributed by atoms with Crippen LogP contribution in [0, 0.1) is 5.82 Å². The van der Waals surface area contributed by atoms with Gasteiger partial charge in [-0.25, -0.2) is 9.18 Å². The first-order valence-electron chi connectivity index (χ1n) is 5.69. The lowest BCUT2D eigenvalue weighted by Gasteiger charge is -2.07. The molecule has 0 spiro atoms. The van der Waals surface area contributed by atoms with E-state index in [2.05, 4.69) is 5.16 Å². The lowest BCUT2D eigenvalue weighted by molar-refractivity contribution is 0.0691. The predicted octanol–water partition coefficient (Wildman–Crippen LogP) is 2.24. The fourth-order valence-corrected chi connectivity index (χ4v) is 1.58. The fraction of sp³-hybridized carbons (Fsp3) is 0.231. The molecule has 1 N–H and O–H groups in total. The van der Waals surface area contributed by atoms with E-state index in [1.165, 1.54) is 13.2 Å². The minimum Gasteiger partial charge on any atom is -0.486 e. The van der Waals surface area contributed by atoms with Crippen LogP contribution in [0.3, 0.4) is 0 Å². The Kier molecular flexibility index (Phi) is 4.31. The number of aromatic nitrogens is 1. The van der Waals surface area contributed by atoms with Crippen LogP contribution in [0.4, 0.5) is 4.39 Å². The van der Waals surface area contributed by atoms with Crippen LogP contribution in [0.25, 0.3) is 0 Å². The van der Waals surface area contributed by atoms with E-state index in [0.717, 1.165) is 12.1 Å². The van der Waals surface area contributed by atoms with E-state index in [9.17, 15) is 9.18 Å². The minimum absolute atomic E-state index is 0.0130. The number of hydrogen-bond donors (Lipinski definition) is 1. The summed E-state index contributed by atoms with van der Waals surface area (Å²) in [4.78, 5) is 11.0. The van der Waals surface area contributed by atoms with Crippen molar-refractivity contribution in [3.8, 4) is 5.75 Å². The number of carbonyl (C=O) groups is 1. The molecule has 0 unspecified atom stereocenters. The third-order valence-corrected chi connectivity index (χ3v) is 2.44. The van der Waals surface area contributed by atoms with Crippen LogP contribution in [0.1, 0.15) is 21.8 Å². The zero-order valence-corrected chi connectivity index (χ0v) is 10.6. The zero-order valence-electron chi connectivity index (χ0n) is 10.6. The second kappa shape index (κ2) is 6.16. The van der Waals surface area contributed by atoms with Crippen molar-refractivity contribution in [1.29, 1.82) is 0 Å². The van der Waals surface area contributed by atoms with E-state index in [0.29, 0.717) is 11.5 Å². The van der Waals surface area contributed by atoms with Gasteiger partial charge in [0.2, 0.25) is 0 Å². The molecule has 6 nitrogen and oxygen atoms in total. The maximum Gasteiger partial charge on any atom is 0.339 e. The molecule has 0 aliphatic carbocycles. The van der Waals surface area contributed by atoms with Crippen molar-refractivity contribution in [1.82, 2.24) is 5.16 Å². The molecule has 0 aliphatic rings. The highest BCUT2D eigenvalue weighted by Gasteiger charge is 2.13. The number of hydrogen-bond acceptors (Lipinski definition) is 5. The van der Waals surface area contributed by atoms with Crippen molar-refractivity contribution >= 4 is 5.97 Å². The molecule has 106 valence electrons. The van der Waals surface area contributed by atoms with Crippen molar-refractivity contribution in [2.75, 3.05) is 7.11 Å². The first-order chi connectivity index (χ1) is 9.60. The molecule has 0 radical (unpaired) electrons. The molecule has 1 aromatic heterocycles. The molecule has 0 amide bonds. The third-order valence-electron chi connectivity index (χ3n) is 2.44. The summed E-state index contributed by atoms with van der Waals surface area (Å²) < 4.78 is 28.2. The number of carboxylic acids is 1. The minimum atomic E-state index is -1.26. The number of nitrogens with zero attached hydrogens (tertiary/aromatic N) is 1. The Balaban J connectivity index is 2.08. The van der Waals surface area contributed by atoms with Gasteiger partial charge in [0.15, 0.2) is 5.76 Å². The van der Waals surface area contributed by atoms with Gasteiger partial charge in [0.05, 0.1) is 0 Å². The van der Waals surface area contributed by atoms with E-state index in [1.807, 2.05) is 0 Å². The molecule has 0 atom stereocenters. The van der Waals surface area contributed by atoms with Crippen molar-refractivity contribution < 1.29 is 28.3 Å². The van der Waals surface area contributed by atoms with Crippen LogP contribution >= 0.6 is 0 Å². The quantitative estimate of drug-likeness (QED) is 0.874. The van der Waals surface area contributed by atoms with Gasteiger partial charge < -0.3 is 19.1 Å². The summed E-state index contributed by atoms with van der Waals surface area (Å²) in [6.07, 6.45) is 0. The van der Waals surface area contributed by atoms with Crippen molar-refractivity contribution in [3.05, 3.63) is 47.1 Å². The van der Waals surface area contributed by atoms with Crippen molar-refractivity contribution in [2.24, 2.45) is 0 Å². The Hall–Kier alpha value is -2.41. The molecule has 2 rings (SSSR count). The number of ether oxygens (including phenoxy) is 2. The first-order valence-corrected chi connectivity index (χ1v) is 5.69. The normalized spacial score (nSPS) is 10.5. The number of aromatic carboxylic acids is 1. The van der Waals surface area contributed by atoms with Gasteiger partial charge in [-0.05, 0) is 18.2 Å². The summed E-state index contributed by atoms with van der Waals surface area (Å²) in [6.45, 7) is 0.295. The standard InChI is InChI=1S/C13H12FNO5/c1-18-7-10-5-9(15-20-10)6-19-12-3-2-8(14)4-11(12)13(16)17/h2-5H,6-7H2,1H3,(H,16,17). The molecule has 0 fully saturated rings. The molecule has 0 bridgehead atoms. The van der Waals surface area contributed by atoms with Gasteiger partial charge in [0.25, 0.3) is 0 Å². The summed E-state index contributed by atoms with van der Waals surface area (Å²) in [5.74, 6) is -1.31. The SMILES string of the molecule is COCc1cc(COc2ccc(F)cc2C(=O)O)no1. The number of methoxy groups -OCH3 is 1. The summed E-state index contributed by atoms with van der Waals surface area (Å²) in [5.41, 5.74) is 0.239. The molecule has 7 heteroatoms. The van der Waals surface area contributed by atoms with Crippen LogP contribution in [-0.2, 0) is 18.0 Å². The lowest BCUT2D eigenvalue weighted by Crippen LogP contribution is -2.04. The summed E-state index contributed by atoms with van der Waals surface area (Å²) in [5, 5.41) is 12.7. The second-order valence-electron chi connectivity index (χ2n) is 3.95. The zero-order chi connectivity index (χ0) is 14.5. The average molecular weight is 281 g/mol. The van der Waals surface area contributed by atoms with Gasteiger partial charge in [0, 0.05) is 13.2 Å². The Morgan fingerprint density at radius 3 is 2.90 bits per heavy atom. The maximum atomic E-state index is 13.0. The molecule has 0 saturated carbocycles. The molecular weight excluding hydrogens is 269 g/mol. The van der Waals surface area contributed by atoms with Crippen molar-refractivity contribution in [3.63, 3.8) is 0 Å². The second-order valence-corrected chi connectivity index (χ2v) is 3.95. The number of benzene rings is 1. The molecule has 0 aliphatic heterocycles. The Bertz CT molecular complexity index is 611. The number of halogens is 1. The highest BCUT2D eigenvalue weighted by Crippen LogP contribution is 2.21. The number of rotatable bonds is 6. The Morgan fingerprint density at radius 2 is 2.20 bits per heavy atom. The van der Waals surface area contributed by atoms with E-state index in [1.54, 1.807) is 6.07 Å². The average Bonchev–Trinajstić information content (AvgIpc) is 2.85. The fourth-order valence-electron chi connectivity index (χ4n) is 1.58. The van der Waals surface area contributed by atoms with Gasteiger partial charge in [-0.15, -0.1) is 0 Å². The number of carboxylic acid groups (broad SMARTS) is 1. The molecule has 1 heterocycles. The summed E-state index contributed by atoms with van der Waals surface area (Å²) >= 11 is 0. The Labute approximate surface area is 113 Å². The molecule has 20 heavy (non-hydrogen) atoms. The summed E-state index contributed by atoms with van der Waals surface area (Å²) in [7, 11) is 1.52. The Morgan fingerprint density at radius 1 is 1.40 bits per heavy atom. The van der Waals surface area contributed by atoms with E-state index >= 15 is 0 Å². The highest BCUT2D eigenvalue weighted by atomic mass is 19.1. The lowest BCUT2D eigenvalue weighted by atomic mass is 10.2. The van der Waals surface area contributed by atoms with Gasteiger partial charge in [-0.3, -0.25) is 0 Å². The van der Waals surface area contributed by atoms with Crippen LogP contribution in [0.5, 0.6) is 5.75 Å². The highest BCUT2D eigenvalue weighted by molar-refractivity contribution is 5.90. The summed E-state index contributed by atoms with van der Waals surface area (Å²) in [6, 6.07) is 4.92. The van der Waals surface area contributed by atoms with Crippen LogP contribution < -0.4 is 4.74 Å². The maximum absolute atomic E-state index is 13.0. The smallest absolute Gasteiger partial charge is 0.339 e. The third kappa shape index (κ3) is 3.33. The van der Waals surface area contributed by atoms with Gasteiger partial charge in [-0.1, -0.05) is 5.16 Å². The molecular formula is C13H12FNO5. The van der Waals surface area contributed by atoms with Gasteiger partial charge in [0.1, 0.15) is 36.0 Å². The monoisotopic (exact) mass is 281 g/mol. The molecule has 2 aromatic rings. The van der Waals surface area contributed by atoms with E-state index < -0.39 is 11.8 Å².